The molecule has 0 bridgehead atoms. The number of carbonyl (C=O) groups is 2. The molecule has 1 aliphatic rings. The van der Waals surface area contributed by atoms with Gasteiger partial charge in [-0.2, -0.15) is 0 Å². The molecule has 1 atom stereocenters. The van der Waals surface area contributed by atoms with Crippen molar-refractivity contribution in [3.05, 3.63) is 30.1 Å². The highest BCUT2D eigenvalue weighted by Crippen LogP contribution is 2.22. The summed E-state index contributed by atoms with van der Waals surface area (Å²) in [6, 6.07) is 4.82. The van der Waals surface area contributed by atoms with Crippen LogP contribution in [-0.2, 0) is 9.53 Å². The molecule has 1 saturated heterocycles. The number of aromatic nitrogens is 2. The van der Waals surface area contributed by atoms with Crippen molar-refractivity contribution >= 4 is 22.9 Å². The molecule has 6 heteroatoms. The van der Waals surface area contributed by atoms with Crippen molar-refractivity contribution in [2.45, 2.75) is 18.9 Å². The quantitative estimate of drug-likeness (QED) is 0.838. The van der Waals surface area contributed by atoms with E-state index in [0.717, 1.165) is 17.5 Å². The number of benzene rings is 1. The lowest BCUT2D eigenvalue weighted by Crippen LogP contribution is -2.41. The van der Waals surface area contributed by atoms with E-state index in [1.807, 2.05) is 0 Å². The van der Waals surface area contributed by atoms with Crippen LogP contribution >= 0.6 is 0 Å². The summed E-state index contributed by atoms with van der Waals surface area (Å²) in [5.41, 5.74) is 2.18. The van der Waals surface area contributed by atoms with Crippen LogP contribution in [0.2, 0.25) is 0 Å². The highest BCUT2D eigenvalue weighted by molar-refractivity contribution is 5.99. The number of hydrogen-bond acceptors (Lipinski definition) is 4. The Morgan fingerprint density at radius 1 is 1.45 bits per heavy atom. The van der Waals surface area contributed by atoms with Gasteiger partial charge in [-0.25, -0.2) is 9.78 Å². The molecule has 1 aliphatic heterocycles. The maximum Gasteiger partial charge on any atom is 0.328 e. The van der Waals surface area contributed by atoms with E-state index < -0.39 is 6.04 Å². The number of amides is 1. The van der Waals surface area contributed by atoms with Gasteiger partial charge in [-0.3, -0.25) is 4.79 Å². The first kappa shape index (κ1) is 12.7. The monoisotopic (exact) mass is 273 g/mol. The second-order valence-corrected chi connectivity index (χ2v) is 4.81. The summed E-state index contributed by atoms with van der Waals surface area (Å²) in [7, 11) is 1.35. The van der Waals surface area contributed by atoms with Crippen LogP contribution in [0.15, 0.2) is 24.5 Å². The average molecular weight is 273 g/mol. The van der Waals surface area contributed by atoms with Gasteiger partial charge in [-0.15, -0.1) is 0 Å². The number of nitrogens with one attached hydrogen (secondary N) is 1. The standard InChI is InChI=1S/C14H15N3O3/c1-20-14(19)12-3-2-6-17(12)13(18)9-4-5-10-11(7-9)16-8-15-10/h4-5,7-8,12H,2-3,6H2,1H3,(H,15,16). The zero-order valence-corrected chi connectivity index (χ0v) is 11.1. The van der Waals surface area contributed by atoms with Crippen molar-refractivity contribution in [2.75, 3.05) is 13.7 Å². The molecule has 1 amide bonds. The molecule has 3 rings (SSSR count). The molecule has 6 nitrogen and oxygen atoms in total. The lowest BCUT2D eigenvalue weighted by molar-refractivity contribution is -0.145. The summed E-state index contributed by atoms with van der Waals surface area (Å²) >= 11 is 0. The Hall–Kier alpha value is -2.37. The largest absolute Gasteiger partial charge is 0.467 e. The number of hydrogen-bond donors (Lipinski definition) is 1. The first-order valence-electron chi connectivity index (χ1n) is 6.52. The Bertz CT molecular complexity index is 664. The van der Waals surface area contributed by atoms with E-state index in [2.05, 4.69) is 9.97 Å². The molecule has 1 aromatic heterocycles. The minimum absolute atomic E-state index is 0.144. The first-order valence-corrected chi connectivity index (χ1v) is 6.52. The van der Waals surface area contributed by atoms with Crippen molar-refractivity contribution < 1.29 is 14.3 Å². The molecule has 104 valence electrons. The Morgan fingerprint density at radius 3 is 3.10 bits per heavy atom. The van der Waals surface area contributed by atoms with Gasteiger partial charge in [0.05, 0.1) is 24.5 Å². The van der Waals surface area contributed by atoms with Crippen LogP contribution in [0.5, 0.6) is 0 Å². The predicted octanol–water partition coefficient (Wildman–Crippen LogP) is 1.34. The molecule has 0 spiro atoms. The van der Waals surface area contributed by atoms with Gasteiger partial charge in [-0.1, -0.05) is 0 Å². The van der Waals surface area contributed by atoms with Crippen LogP contribution in [0, 0.1) is 0 Å². The molecule has 20 heavy (non-hydrogen) atoms. The second kappa shape index (κ2) is 4.96. The van der Waals surface area contributed by atoms with E-state index in [1.165, 1.54) is 7.11 Å². The van der Waals surface area contributed by atoms with Crippen LogP contribution in [0.4, 0.5) is 0 Å². The molecule has 0 saturated carbocycles. The number of rotatable bonds is 2. The summed E-state index contributed by atoms with van der Waals surface area (Å²) in [6.07, 6.45) is 3.06. The minimum atomic E-state index is -0.468. The Morgan fingerprint density at radius 2 is 2.30 bits per heavy atom. The van der Waals surface area contributed by atoms with Gasteiger partial charge in [0.15, 0.2) is 0 Å². The van der Waals surface area contributed by atoms with Crippen LogP contribution in [0.3, 0.4) is 0 Å². The van der Waals surface area contributed by atoms with E-state index in [1.54, 1.807) is 29.4 Å². The van der Waals surface area contributed by atoms with Gasteiger partial charge in [0.25, 0.3) is 5.91 Å². The highest BCUT2D eigenvalue weighted by atomic mass is 16.5. The maximum atomic E-state index is 12.5. The van der Waals surface area contributed by atoms with Gasteiger partial charge in [0.1, 0.15) is 6.04 Å². The van der Waals surface area contributed by atoms with Gasteiger partial charge in [0, 0.05) is 12.1 Å². The van der Waals surface area contributed by atoms with E-state index in [-0.39, 0.29) is 11.9 Å². The number of esters is 1. The predicted molar refractivity (Wildman–Crippen MR) is 72.2 cm³/mol. The van der Waals surface area contributed by atoms with Crippen molar-refractivity contribution in [3.63, 3.8) is 0 Å². The topological polar surface area (TPSA) is 75.3 Å². The average Bonchev–Trinajstić information content (AvgIpc) is 3.13. The van der Waals surface area contributed by atoms with Crippen molar-refractivity contribution in [3.8, 4) is 0 Å². The molecule has 1 aromatic carbocycles. The Labute approximate surface area is 115 Å². The van der Waals surface area contributed by atoms with Crippen molar-refractivity contribution in [2.24, 2.45) is 0 Å². The number of nitrogens with zero attached hydrogens (tertiary/aromatic N) is 2. The van der Waals surface area contributed by atoms with E-state index >= 15 is 0 Å². The molecule has 1 fully saturated rings. The minimum Gasteiger partial charge on any atom is -0.467 e. The van der Waals surface area contributed by atoms with Gasteiger partial charge >= 0.3 is 5.97 Å². The van der Waals surface area contributed by atoms with E-state index in [0.29, 0.717) is 18.5 Å². The first-order chi connectivity index (χ1) is 9.70. The number of ether oxygens (including phenoxy) is 1. The number of aromatic amines is 1. The van der Waals surface area contributed by atoms with Crippen LogP contribution in [-0.4, -0.2) is 46.4 Å². The number of likely N-dealkylation sites (tertiary alicyclic amines) is 1. The lowest BCUT2D eigenvalue weighted by atomic mass is 10.1. The fourth-order valence-corrected chi connectivity index (χ4v) is 2.63. The van der Waals surface area contributed by atoms with E-state index in [9.17, 15) is 9.59 Å². The fraction of sp³-hybridized carbons (Fsp3) is 0.357. The number of imidazole rings is 1. The molecule has 0 radical (unpaired) electrons. The Balaban J connectivity index is 1.89. The van der Waals surface area contributed by atoms with Crippen LogP contribution in [0.25, 0.3) is 11.0 Å². The molecule has 2 heterocycles. The second-order valence-electron chi connectivity index (χ2n) is 4.81. The third-order valence-electron chi connectivity index (χ3n) is 3.65. The smallest absolute Gasteiger partial charge is 0.328 e. The summed E-state index contributed by atoms with van der Waals surface area (Å²) in [4.78, 5) is 32.9. The normalized spacial score (nSPS) is 18.4. The third-order valence-corrected chi connectivity index (χ3v) is 3.65. The summed E-state index contributed by atoms with van der Waals surface area (Å²) in [5, 5.41) is 0. The van der Waals surface area contributed by atoms with Crippen LogP contribution in [0.1, 0.15) is 23.2 Å². The summed E-state index contributed by atoms with van der Waals surface area (Å²) in [5.74, 6) is -0.493. The summed E-state index contributed by atoms with van der Waals surface area (Å²) < 4.78 is 4.76. The fourth-order valence-electron chi connectivity index (χ4n) is 2.63. The number of methoxy groups -OCH3 is 1. The van der Waals surface area contributed by atoms with Crippen molar-refractivity contribution in [1.29, 1.82) is 0 Å². The molecule has 0 aliphatic carbocycles. The SMILES string of the molecule is COC(=O)C1CCCN1C(=O)c1ccc2nc[nH]c2c1. The molecular weight excluding hydrogens is 258 g/mol. The van der Waals surface area contributed by atoms with Gasteiger partial charge in [-0.05, 0) is 31.0 Å². The number of H-pyrrole nitrogens is 1. The zero-order chi connectivity index (χ0) is 14.1. The van der Waals surface area contributed by atoms with Crippen LogP contribution < -0.4 is 0 Å². The molecule has 2 aromatic rings. The Kier molecular flexibility index (Phi) is 3.14. The highest BCUT2D eigenvalue weighted by Gasteiger charge is 2.35. The zero-order valence-electron chi connectivity index (χ0n) is 11.1. The lowest BCUT2D eigenvalue weighted by Gasteiger charge is -2.22. The van der Waals surface area contributed by atoms with Crippen molar-refractivity contribution in [1.82, 2.24) is 14.9 Å². The number of fused-ring (bicyclic) bond motifs is 1. The van der Waals surface area contributed by atoms with Gasteiger partial charge in [0.2, 0.25) is 0 Å². The molecular formula is C14H15N3O3. The molecule has 1 unspecified atom stereocenters. The summed E-state index contributed by atoms with van der Waals surface area (Å²) in [6.45, 7) is 0.583. The molecule has 1 N–H and O–H groups in total. The maximum absolute atomic E-state index is 12.5. The number of carbonyl (C=O) groups excluding carboxylic acids is 2. The third kappa shape index (κ3) is 2.03. The van der Waals surface area contributed by atoms with E-state index in [4.69, 9.17) is 4.74 Å². The van der Waals surface area contributed by atoms with Gasteiger partial charge < -0.3 is 14.6 Å².